The molecule has 3 nitrogen and oxygen atoms in total. The Bertz CT molecular complexity index is 950. The fourth-order valence-electron chi connectivity index (χ4n) is 3.96. The van der Waals surface area contributed by atoms with Gasteiger partial charge in [-0.05, 0) is 60.6 Å². The molecule has 0 heterocycles. The fraction of sp³-hybridized carbons (Fsp3) is 0.423. The maximum absolute atomic E-state index is 13.8. The van der Waals surface area contributed by atoms with E-state index in [4.69, 9.17) is 5.73 Å². The van der Waals surface area contributed by atoms with Crippen LogP contribution in [0, 0.1) is 36.9 Å². The van der Waals surface area contributed by atoms with Crippen molar-refractivity contribution in [2.24, 2.45) is 5.92 Å². The molecule has 3 rings (SSSR count). The quantitative estimate of drug-likeness (QED) is 0.423. The molecule has 30 heavy (non-hydrogen) atoms. The zero-order valence-electron chi connectivity index (χ0n) is 18.6. The summed E-state index contributed by atoms with van der Waals surface area (Å²) in [4.78, 5) is 0. The highest BCUT2D eigenvalue weighted by Gasteiger charge is 2.16. The van der Waals surface area contributed by atoms with Gasteiger partial charge in [0.15, 0.2) is 0 Å². The number of anilines is 1. The topological polar surface area (TPSA) is 70.0 Å². The second-order valence-electron chi connectivity index (χ2n) is 8.25. The van der Waals surface area contributed by atoms with Gasteiger partial charge in [-0.2, -0.15) is 5.26 Å². The first kappa shape index (κ1) is 23.5. The third-order valence-electron chi connectivity index (χ3n) is 5.68. The van der Waals surface area contributed by atoms with Crippen molar-refractivity contribution in [1.29, 1.82) is 5.26 Å². The van der Waals surface area contributed by atoms with Crippen molar-refractivity contribution < 1.29 is 9.50 Å². The van der Waals surface area contributed by atoms with Crippen LogP contribution >= 0.6 is 0 Å². The summed E-state index contributed by atoms with van der Waals surface area (Å²) in [6.07, 6.45) is 10.0. The summed E-state index contributed by atoms with van der Waals surface area (Å²) in [5.41, 5.74) is 9.85. The van der Waals surface area contributed by atoms with Gasteiger partial charge >= 0.3 is 0 Å². The van der Waals surface area contributed by atoms with Crippen molar-refractivity contribution in [3.63, 3.8) is 0 Å². The van der Waals surface area contributed by atoms with E-state index in [2.05, 4.69) is 13.0 Å². The van der Waals surface area contributed by atoms with Crippen LogP contribution in [0.3, 0.4) is 0 Å². The number of nitrogen functional groups attached to an aromatic ring is 1. The van der Waals surface area contributed by atoms with Crippen LogP contribution in [0.15, 0.2) is 30.3 Å². The molecule has 3 N–H and O–H groups in total. The number of nitriles is 1. The van der Waals surface area contributed by atoms with E-state index in [9.17, 15) is 14.8 Å². The first-order chi connectivity index (χ1) is 14.3. The lowest BCUT2D eigenvalue weighted by molar-refractivity contribution is 0.385. The summed E-state index contributed by atoms with van der Waals surface area (Å²) in [5, 5.41) is 19.5. The molecule has 160 valence electrons. The summed E-state index contributed by atoms with van der Waals surface area (Å²) in [7, 11) is 0. The SMILES string of the molecule is CC/C=C(\c1cc(C#N)c(C)cc1C)c1cc(F)cc(N)c1O.CC1CCCCC1. The predicted molar refractivity (Wildman–Crippen MR) is 123 cm³/mol. The lowest BCUT2D eigenvalue weighted by Gasteiger charge is -2.16. The van der Waals surface area contributed by atoms with Crippen LogP contribution in [0.4, 0.5) is 10.1 Å². The van der Waals surface area contributed by atoms with Crippen molar-refractivity contribution in [3.05, 3.63) is 64.0 Å². The molecule has 0 amide bonds. The largest absolute Gasteiger partial charge is 0.505 e. The second-order valence-corrected chi connectivity index (χ2v) is 8.25. The number of aromatic hydroxyl groups is 1. The molecule has 0 spiro atoms. The number of phenolic OH excluding ortho intramolecular Hbond substituents is 1. The molecule has 0 unspecified atom stereocenters. The Balaban J connectivity index is 0.000000386. The third kappa shape index (κ3) is 5.86. The lowest BCUT2D eigenvalue weighted by atomic mass is 9.90. The normalized spacial score (nSPS) is 14.6. The number of rotatable bonds is 3. The highest BCUT2D eigenvalue weighted by molar-refractivity contribution is 5.87. The number of halogens is 1. The Labute approximate surface area is 180 Å². The Morgan fingerprint density at radius 3 is 2.33 bits per heavy atom. The van der Waals surface area contributed by atoms with Gasteiger partial charge in [0, 0.05) is 11.6 Å². The highest BCUT2D eigenvalue weighted by atomic mass is 19.1. The van der Waals surface area contributed by atoms with E-state index in [0.717, 1.165) is 28.7 Å². The van der Waals surface area contributed by atoms with Crippen LogP contribution in [0.25, 0.3) is 5.57 Å². The van der Waals surface area contributed by atoms with Crippen LogP contribution in [0.5, 0.6) is 5.75 Å². The Hall–Kier alpha value is -2.80. The monoisotopic (exact) mass is 408 g/mol. The zero-order chi connectivity index (χ0) is 22.3. The van der Waals surface area contributed by atoms with Crippen LogP contribution in [-0.2, 0) is 0 Å². The standard InChI is InChI=1S/C19H19FN2O.C7H14/c1-4-5-15(17-8-14(20)9-18(22)19(17)23)16-7-13(10-21)11(2)6-12(16)3;1-7-5-3-2-4-6-7/h5-9,23H,4,22H2,1-3H3;7H,2-6H2,1H3/b15-5+;. The molecule has 0 saturated heterocycles. The molecule has 4 heteroatoms. The molecule has 2 aromatic carbocycles. The van der Waals surface area contributed by atoms with Gasteiger partial charge in [-0.15, -0.1) is 0 Å². The van der Waals surface area contributed by atoms with Gasteiger partial charge in [0.1, 0.15) is 11.6 Å². The third-order valence-corrected chi connectivity index (χ3v) is 5.68. The highest BCUT2D eigenvalue weighted by Crippen LogP contribution is 2.37. The molecule has 0 aromatic heterocycles. The molecule has 0 radical (unpaired) electrons. The molecule has 1 aliphatic carbocycles. The van der Waals surface area contributed by atoms with Crippen molar-refractivity contribution >= 4 is 11.3 Å². The molecule has 0 bridgehead atoms. The minimum Gasteiger partial charge on any atom is -0.505 e. The number of allylic oxidation sites excluding steroid dienone is 1. The fourth-order valence-corrected chi connectivity index (χ4v) is 3.96. The van der Waals surface area contributed by atoms with Crippen LogP contribution in [-0.4, -0.2) is 5.11 Å². The number of nitrogens with two attached hydrogens (primary N) is 1. The average molecular weight is 409 g/mol. The maximum atomic E-state index is 13.8. The van der Waals surface area contributed by atoms with E-state index in [1.165, 1.54) is 38.2 Å². The van der Waals surface area contributed by atoms with E-state index in [-0.39, 0.29) is 11.4 Å². The Morgan fingerprint density at radius 2 is 1.80 bits per heavy atom. The van der Waals surface area contributed by atoms with E-state index in [1.54, 1.807) is 6.07 Å². The molecule has 1 aliphatic rings. The average Bonchev–Trinajstić information content (AvgIpc) is 2.71. The molecule has 2 aromatic rings. The summed E-state index contributed by atoms with van der Waals surface area (Å²) >= 11 is 0. The van der Waals surface area contributed by atoms with E-state index >= 15 is 0 Å². The molecular weight excluding hydrogens is 375 g/mol. The van der Waals surface area contributed by atoms with Crippen molar-refractivity contribution in [2.45, 2.75) is 66.2 Å². The minimum absolute atomic E-state index is 0.00715. The minimum atomic E-state index is -0.512. The Morgan fingerprint density at radius 1 is 1.13 bits per heavy atom. The van der Waals surface area contributed by atoms with E-state index in [0.29, 0.717) is 23.1 Å². The van der Waals surface area contributed by atoms with Gasteiger partial charge in [0.2, 0.25) is 0 Å². The lowest BCUT2D eigenvalue weighted by Crippen LogP contribution is -1.99. The first-order valence-electron chi connectivity index (χ1n) is 10.8. The maximum Gasteiger partial charge on any atom is 0.146 e. The number of aryl methyl sites for hydroxylation is 2. The number of phenols is 1. The summed E-state index contributed by atoms with van der Waals surface area (Å²) in [6.45, 7) is 8.11. The van der Waals surface area contributed by atoms with Crippen LogP contribution < -0.4 is 5.73 Å². The van der Waals surface area contributed by atoms with Gasteiger partial charge in [-0.3, -0.25) is 0 Å². The van der Waals surface area contributed by atoms with E-state index in [1.807, 2.05) is 32.9 Å². The van der Waals surface area contributed by atoms with E-state index < -0.39 is 5.82 Å². The van der Waals surface area contributed by atoms with Gasteiger partial charge in [0.05, 0.1) is 17.3 Å². The van der Waals surface area contributed by atoms with Gasteiger partial charge < -0.3 is 10.8 Å². The summed E-state index contributed by atoms with van der Waals surface area (Å²) in [6, 6.07) is 8.20. The number of nitrogens with zero attached hydrogens (tertiary/aromatic N) is 1. The van der Waals surface area contributed by atoms with Crippen molar-refractivity contribution in [3.8, 4) is 11.8 Å². The molecule has 1 saturated carbocycles. The number of benzene rings is 2. The summed E-state index contributed by atoms with van der Waals surface area (Å²) < 4.78 is 13.8. The van der Waals surface area contributed by atoms with Crippen LogP contribution in [0.2, 0.25) is 0 Å². The zero-order valence-corrected chi connectivity index (χ0v) is 18.6. The smallest absolute Gasteiger partial charge is 0.146 e. The molecular formula is C26H33FN2O. The van der Waals surface area contributed by atoms with Gasteiger partial charge in [0.25, 0.3) is 0 Å². The molecule has 0 aliphatic heterocycles. The summed E-state index contributed by atoms with van der Waals surface area (Å²) in [5.74, 6) is 0.376. The first-order valence-corrected chi connectivity index (χ1v) is 10.8. The number of hydrogen-bond acceptors (Lipinski definition) is 3. The van der Waals surface area contributed by atoms with Gasteiger partial charge in [-0.25, -0.2) is 4.39 Å². The Kier molecular flexibility index (Phi) is 8.47. The van der Waals surface area contributed by atoms with Crippen LogP contribution in [0.1, 0.15) is 80.2 Å². The van der Waals surface area contributed by atoms with Gasteiger partial charge in [-0.1, -0.05) is 58.1 Å². The molecule has 0 atom stereocenters. The number of hydrogen-bond donors (Lipinski definition) is 2. The second kappa shape index (κ2) is 10.8. The molecule has 1 fully saturated rings. The predicted octanol–water partition coefficient (Wildman–Crippen LogP) is 7.03. The van der Waals surface area contributed by atoms with Crippen molar-refractivity contribution in [2.75, 3.05) is 5.73 Å². The van der Waals surface area contributed by atoms with Crippen molar-refractivity contribution in [1.82, 2.24) is 0 Å².